The van der Waals surface area contributed by atoms with Gasteiger partial charge in [-0.05, 0) is 42.5 Å². The molecule has 0 aliphatic heterocycles. The van der Waals surface area contributed by atoms with Crippen LogP contribution in [0.5, 0.6) is 0 Å². The zero-order valence-corrected chi connectivity index (χ0v) is 16.3. The number of carbonyl (C=O) groups excluding carboxylic acids is 2. The molecule has 0 aliphatic rings. The van der Waals surface area contributed by atoms with Gasteiger partial charge in [0, 0.05) is 45.9 Å². The van der Waals surface area contributed by atoms with Gasteiger partial charge in [0.25, 0.3) is 5.91 Å². The molecule has 0 saturated carbocycles. The lowest BCUT2D eigenvalue weighted by molar-refractivity contribution is -0.118. The van der Waals surface area contributed by atoms with E-state index >= 15 is 0 Å². The molecule has 2 N–H and O–H groups in total. The Morgan fingerprint density at radius 1 is 0.929 bits per heavy atom. The molecule has 3 aromatic rings. The highest BCUT2D eigenvalue weighted by Gasteiger charge is 2.14. The molecule has 0 spiro atoms. The number of anilines is 2. The topological polar surface area (TPSA) is 71.1 Å². The molecule has 1 atom stereocenters. The van der Waals surface area contributed by atoms with Crippen molar-refractivity contribution in [1.29, 1.82) is 0 Å². The van der Waals surface area contributed by atoms with Crippen molar-refractivity contribution < 1.29 is 9.59 Å². The number of amides is 2. The average Bonchev–Trinajstić information content (AvgIpc) is 2.73. The zero-order valence-electron chi connectivity index (χ0n) is 15.5. The number of carbonyl (C=O) groups is 2. The first-order valence-electron chi connectivity index (χ1n) is 8.92. The first-order chi connectivity index (χ1) is 13.6. The number of nitrogens with zero attached hydrogens (tertiary/aromatic N) is 1. The molecule has 1 heterocycles. The second-order valence-electron chi connectivity index (χ2n) is 6.29. The van der Waals surface area contributed by atoms with Crippen LogP contribution < -0.4 is 10.6 Å². The highest BCUT2D eigenvalue weighted by atomic mass is 32.2. The summed E-state index contributed by atoms with van der Waals surface area (Å²) in [6.45, 7) is 1.89. The minimum absolute atomic E-state index is 0.0740. The molecule has 1 unspecified atom stereocenters. The van der Waals surface area contributed by atoms with Crippen LogP contribution in [-0.4, -0.2) is 22.6 Å². The Morgan fingerprint density at radius 2 is 1.68 bits per heavy atom. The summed E-state index contributed by atoms with van der Waals surface area (Å²) < 4.78 is 0. The van der Waals surface area contributed by atoms with E-state index in [2.05, 4.69) is 15.6 Å². The van der Waals surface area contributed by atoms with Crippen LogP contribution in [0.2, 0.25) is 0 Å². The van der Waals surface area contributed by atoms with Gasteiger partial charge in [0.05, 0.1) is 0 Å². The predicted molar refractivity (Wildman–Crippen MR) is 114 cm³/mol. The fourth-order valence-electron chi connectivity index (χ4n) is 2.46. The van der Waals surface area contributed by atoms with Crippen LogP contribution in [0.15, 0.2) is 84.0 Å². The molecular formula is C22H21N3O2S. The van der Waals surface area contributed by atoms with Gasteiger partial charge >= 0.3 is 0 Å². The SMILES string of the molecule is CC(CSc1ccccc1)C(=O)Nc1cccc(C(=O)Nc2ccncc2)c1. The lowest BCUT2D eigenvalue weighted by atomic mass is 10.1. The predicted octanol–water partition coefficient (Wildman–Crippen LogP) is 4.70. The molecule has 0 bridgehead atoms. The van der Waals surface area contributed by atoms with Crippen LogP contribution in [0, 0.1) is 5.92 Å². The molecular weight excluding hydrogens is 370 g/mol. The lowest BCUT2D eigenvalue weighted by Gasteiger charge is -2.13. The Morgan fingerprint density at radius 3 is 2.43 bits per heavy atom. The standard InChI is InChI=1S/C22H21N3O2S/c1-16(15-28-20-8-3-2-4-9-20)21(26)25-19-7-5-6-17(14-19)22(27)24-18-10-12-23-13-11-18/h2-14,16H,15H2,1H3,(H,25,26)(H,23,24,27). The van der Waals surface area contributed by atoms with E-state index in [0.29, 0.717) is 22.7 Å². The van der Waals surface area contributed by atoms with Crippen molar-refractivity contribution in [1.82, 2.24) is 4.98 Å². The summed E-state index contributed by atoms with van der Waals surface area (Å²) in [4.78, 5) is 29.9. The summed E-state index contributed by atoms with van der Waals surface area (Å²) in [6, 6.07) is 20.3. The Bertz CT molecular complexity index is 933. The van der Waals surface area contributed by atoms with Crippen LogP contribution >= 0.6 is 11.8 Å². The van der Waals surface area contributed by atoms with E-state index in [-0.39, 0.29) is 17.7 Å². The Hall–Kier alpha value is -3.12. The van der Waals surface area contributed by atoms with Crippen LogP contribution in [0.3, 0.4) is 0 Å². The third-order valence-electron chi connectivity index (χ3n) is 4.02. The molecule has 1 aromatic heterocycles. The van der Waals surface area contributed by atoms with Gasteiger partial charge in [-0.15, -0.1) is 11.8 Å². The van der Waals surface area contributed by atoms with E-state index < -0.39 is 0 Å². The van der Waals surface area contributed by atoms with Gasteiger partial charge in [-0.25, -0.2) is 0 Å². The Kier molecular flexibility index (Phi) is 6.81. The minimum Gasteiger partial charge on any atom is -0.326 e. The van der Waals surface area contributed by atoms with E-state index in [1.54, 1.807) is 60.6 Å². The van der Waals surface area contributed by atoms with Gasteiger partial charge in [-0.3, -0.25) is 14.6 Å². The molecule has 5 nitrogen and oxygen atoms in total. The van der Waals surface area contributed by atoms with E-state index in [4.69, 9.17) is 0 Å². The highest BCUT2D eigenvalue weighted by Crippen LogP contribution is 2.21. The molecule has 142 valence electrons. The molecule has 2 amide bonds. The van der Waals surface area contributed by atoms with Crippen molar-refractivity contribution in [3.8, 4) is 0 Å². The molecule has 2 aromatic carbocycles. The maximum absolute atomic E-state index is 12.5. The highest BCUT2D eigenvalue weighted by molar-refractivity contribution is 7.99. The smallest absolute Gasteiger partial charge is 0.255 e. The molecule has 0 fully saturated rings. The van der Waals surface area contributed by atoms with Gasteiger partial charge in [-0.1, -0.05) is 31.2 Å². The number of aromatic nitrogens is 1. The second kappa shape index (κ2) is 9.71. The number of pyridine rings is 1. The average molecular weight is 391 g/mol. The molecule has 0 aliphatic carbocycles. The van der Waals surface area contributed by atoms with Gasteiger partial charge < -0.3 is 10.6 Å². The fraction of sp³-hybridized carbons (Fsp3) is 0.136. The summed E-state index contributed by atoms with van der Waals surface area (Å²) >= 11 is 1.65. The third-order valence-corrected chi connectivity index (χ3v) is 5.29. The lowest BCUT2D eigenvalue weighted by Crippen LogP contribution is -2.22. The molecule has 6 heteroatoms. The molecule has 28 heavy (non-hydrogen) atoms. The molecule has 0 saturated heterocycles. The summed E-state index contributed by atoms with van der Waals surface area (Å²) in [7, 11) is 0. The van der Waals surface area contributed by atoms with Crippen molar-refractivity contribution >= 4 is 35.0 Å². The van der Waals surface area contributed by atoms with E-state index in [1.807, 2.05) is 37.3 Å². The largest absolute Gasteiger partial charge is 0.326 e. The quantitative estimate of drug-likeness (QED) is 0.573. The first-order valence-corrected chi connectivity index (χ1v) is 9.90. The minimum atomic E-state index is -0.241. The monoisotopic (exact) mass is 391 g/mol. The number of nitrogens with one attached hydrogen (secondary N) is 2. The molecule has 0 radical (unpaired) electrons. The van der Waals surface area contributed by atoms with Gasteiger partial charge in [-0.2, -0.15) is 0 Å². The van der Waals surface area contributed by atoms with Crippen molar-refractivity contribution in [3.63, 3.8) is 0 Å². The van der Waals surface area contributed by atoms with Gasteiger partial charge in [0.1, 0.15) is 0 Å². The van der Waals surface area contributed by atoms with Crippen LogP contribution in [0.1, 0.15) is 17.3 Å². The van der Waals surface area contributed by atoms with Gasteiger partial charge in [0.15, 0.2) is 0 Å². The maximum Gasteiger partial charge on any atom is 0.255 e. The van der Waals surface area contributed by atoms with Crippen molar-refractivity contribution in [2.24, 2.45) is 5.92 Å². The second-order valence-corrected chi connectivity index (χ2v) is 7.38. The van der Waals surface area contributed by atoms with Crippen molar-refractivity contribution in [2.75, 3.05) is 16.4 Å². The Balaban J connectivity index is 1.57. The third kappa shape index (κ3) is 5.69. The number of thioether (sulfide) groups is 1. The number of hydrogen-bond acceptors (Lipinski definition) is 4. The van der Waals surface area contributed by atoms with E-state index in [0.717, 1.165) is 4.90 Å². The summed E-state index contributed by atoms with van der Waals surface area (Å²) in [5, 5.41) is 5.70. The number of benzene rings is 2. The summed E-state index contributed by atoms with van der Waals surface area (Å²) in [5.41, 5.74) is 1.74. The van der Waals surface area contributed by atoms with E-state index in [9.17, 15) is 9.59 Å². The number of rotatable bonds is 7. The Labute approximate surface area is 168 Å². The van der Waals surface area contributed by atoms with Crippen molar-refractivity contribution in [3.05, 3.63) is 84.7 Å². The van der Waals surface area contributed by atoms with Crippen LogP contribution in [-0.2, 0) is 4.79 Å². The zero-order chi connectivity index (χ0) is 19.8. The molecule has 3 rings (SSSR count). The maximum atomic E-state index is 12.5. The van der Waals surface area contributed by atoms with E-state index in [1.165, 1.54) is 0 Å². The normalized spacial score (nSPS) is 11.5. The summed E-state index contributed by atoms with van der Waals surface area (Å²) in [5.74, 6) is 0.197. The van der Waals surface area contributed by atoms with Crippen LogP contribution in [0.25, 0.3) is 0 Å². The summed E-state index contributed by atoms with van der Waals surface area (Å²) in [6.07, 6.45) is 3.22. The fourth-order valence-corrected chi connectivity index (χ4v) is 3.40. The van der Waals surface area contributed by atoms with Gasteiger partial charge in [0.2, 0.25) is 5.91 Å². The van der Waals surface area contributed by atoms with Crippen molar-refractivity contribution in [2.45, 2.75) is 11.8 Å². The first kappa shape index (κ1) is 19.6. The van der Waals surface area contributed by atoms with Crippen LogP contribution in [0.4, 0.5) is 11.4 Å². The number of hydrogen-bond donors (Lipinski definition) is 2.